The maximum atomic E-state index is 13.3. The second-order valence-electron chi connectivity index (χ2n) is 8.88. The van der Waals surface area contributed by atoms with Gasteiger partial charge >= 0.3 is 0 Å². The molecule has 0 aliphatic heterocycles. The Balaban J connectivity index is 1.36. The first-order valence-electron chi connectivity index (χ1n) is 12.4. The Kier molecular flexibility index (Phi) is 8.92. The van der Waals surface area contributed by atoms with E-state index in [9.17, 15) is 9.59 Å². The molecular formula is C29H33N3O4. The number of pyridine rings is 1. The second kappa shape index (κ2) is 12.7. The molecule has 1 fully saturated rings. The molecular weight excluding hydrogens is 454 g/mol. The summed E-state index contributed by atoms with van der Waals surface area (Å²) in [6, 6.07) is 23.2. The van der Waals surface area contributed by atoms with Crippen molar-refractivity contribution >= 4 is 11.8 Å². The van der Waals surface area contributed by atoms with Gasteiger partial charge in [0.05, 0.1) is 7.11 Å². The van der Waals surface area contributed by atoms with Gasteiger partial charge in [-0.25, -0.2) is 0 Å². The Morgan fingerprint density at radius 3 is 2.31 bits per heavy atom. The van der Waals surface area contributed by atoms with Gasteiger partial charge in [-0.15, -0.1) is 0 Å². The van der Waals surface area contributed by atoms with Gasteiger partial charge in [0.25, 0.3) is 5.91 Å². The SMILES string of the molecule is COc1ccccc1OCC(=O)N(CCC(=O)N(CCc1ccccn1)Cc1ccccc1)C1CC1. The summed E-state index contributed by atoms with van der Waals surface area (Å²) in [6.07, 6.45) is 4.64. The summed E-state index contributed by atoms with van der Waals surface area (Å²) in [5, 5.41) is 0. The number of hydrogen-bond donors (Lipinski definition) is 0. The molecule has 188 valence electrons. The Labute approximate surface area is 212 Å². The lowest BCUT2D eigenvalue weighted by atomic mass is 10.2. The molecule has 4 rings (SSSR count). The zero-order valence-electron chi connectivity index (χ0n) is 20.7. The molecule has 2 amide bonds. The van der Waals surface area contributed by atoms with Crippen LogP contribution in [-0.4, -0.2) is 59.4 Å². The summed E-state index contributed by atoms with van der Waals surface area (Å²) in [6.45, 7) is 1.39. The van der Waals surface area contributed by atoms with Crippen LogP contribution < -0.4 is 9.47 Å². The molecule has 7 heteroatoms. The van der Waals surface area contributed by atoms with Gasteiger partial charge in [-0.2, -0.15) is 0 Å². The number of ether oxygens (including phenoxy) is 2. The molecule has 0 radical (unpaired) electrons. The van der Waals surface area contributed by atoms with E-state index in [0.29, 0.717) is 37.6 Å². The molecule has 36 heavy (non-hydrogen) atoms. The highest BCUT2D eigenvalue weighted by Gasteiger charge is 2.33. The van der Waals surface area contributed by atoms with E-state index in [2.05, 4.69) is 4.98 Å². The predicted octanol–water partition coefficient (Wildman–Crippen LogP) is 4.12. The van der Waals surface area contributed by atoms with Gasteiger partial charge in [0.1, 0.15) is 0 Å². The van der Waals surface area contributed by atoms with Crippen LogP contribution in [-0.2, 0) is 22.6 Å². The van der Waals surface area contributed by atoms with E-state index in [4.69, 9.17) is 9.47 Å². The molecule has 0 spiro atoms. The molecule has 1 aliphatic carbocycles. The number of aromatic nitrogens is 1. The van der Waals surface area contributed by atoms with E-state index < -0.39 is 0 Å². The Hall–Kier alpha value is -3.87. The standard InChI is InChI=1S/C29H33N3O4/c1-35-26-12-5-6-13-27(26)36-22-29(34)32(25-14-15-25)20-17-28(33)31(21-23-9-3-2-4-10-23)19-16-24-11-7-8-18-30-24/h2-13,18,25H,14-17,19-22H2,1H3. The van der Waals surface area contributed by atoms with Crippen LogP contribution in [0.2, 0.25) is 0 Å². The average molecular weight is 488 g/mol. The van der Waals surface area contributed by atoms with Crippen LogP contribution in [0.1, 0.15) is 30.5 Å². The number of rotatable bonds is 13. The van der Waals surface area contributed by atoms with Gasteiger partial charge in [-0.05, 0) is 42.7 Å². The maximum absolute atomic E-state index is 13.3. The highest BCUT2D eigenvalue weighted by molar-refractivity contribution is 5.80. The molecule has 1 heterocycles. The lowest BCUT2D eigenvalue weighted by Gasteiger charge is -2.26. The lowest BCUT2D eigenvalue weighted by molar-refractivity contribution is -0.136. The molecule has 0 saturated heterocycles. The van der Waals surface area contributed by atoms with Gasteiger partial charge in [0.15, 0.2) is 18.1 Å². The van der Waals surface area contributed by atoms with Crippen molar-refractivity contribution in [2.75, 3.05) is 26.8 Å². The number of benzene rings is 2. The van der Waals surface area contributed by atoms with Crippen LogP contribution in [0.25, 0.3) is 0 Å². The summed E-state index contributed by atoms with van der Waals surface area (Å²) in [4.78, 5) is 34.4. The van der Waals surface area contributed by atoms with E-state index in [-0.39, 0.29) is 30.9 Å². The molecule has 7 nitrogen and oxygen atoms in total. The first kappa shape index (κ1) is 25.2. The maximum Gasteiger partial charge on any atom is 0.260 e. The van der Waals surface area contributed by atoms with E-state index in [0.717, 1.165) is 24.1 Å². The van der Waals surface area contributed by atoms with E-state index in [1.54, 1.807) is 30.3 Å². The van der Waals surface area contributed by atoms with Crippen LogP contribution in [0.5, 0.6) is 11.5 Å². The quantitative estimate of drug-likeness (QED) is 0.363. The molecule has 0 unspecified atom stereocenters. The van der Waals surface area contributed by atoms with E-state index in [1.165, 1.54) is 0 Å². The highest BCUT2D eigenvalue weighted by Crippen LogP contribution is 2.29. The summed E-state index contributed by atoms with van der Waals surface area (Å²) >= 11 is 0. The van der Waals surface area contributed by atoms with E-state index in [1.807, 2.05) is 65.6 Å². The van der Waals surface area contributed by atoms with Crippen molar-refractivity contribution in [1.29, 1.82) is 0 Å². The molecule has 1 saturated carbocycles. The molecule has 2 aromatic carbocycles. The third-order valence-electron chi connectivity index (χ3n) is 6.23. The minimum atomic E-state index is -0.112. The Bertz CT molecular complexity index is 1120. The summed E-state index contributed by atoms with van der Waals surface area (Å²) in [5.41, 5.74) is 2.03. The van der Waals surface area contributed by atoms with Crippen LogP contribution >= 0.6 is 0 Å². The van der Waals surface area contributed by atoms with Gasteiger partial charge in [0.2, 0.25) is 5.91 Å². The van der Waals surface area contributed by atoms with Crippen molar-refractivity contribution in [3.63, 3.8) is 0 Å². The van der Waals surface area contributed by atoms with Crippen molar-refractivity contribution in [2.24, 2.45) is 0 Å². The van der Waals surface area contributed by atoms with Crippen LogP contribution in [0.3, 0.4) is 0 Å². The number of carbonyl (C=O) groups is 2. The fraction of sp³-hybridized carbons (Fsp3) is 0.345. The molecule has 0 N–H and O–H groups in total. The smallest absolute Gasteiger partial charge is 0.260 e. The number of nitrogens with zero attached hydrogens (tertiary/aromatic N) is 3. The zero-order valence-corrected chi connectivity index (χ0v) is 20.7. The van der Waals surface area contributed by atoms with Crippen LogP contribution in [0.4, 0.5) is 0 Å². The summed E-state index contributed by atoms with van der Waals surface area (Å²) < 4.78 is 11.1. The third kappa shape index (κ3) is 7.31. The minimum Gasteiger partial charge on any atom is -0.493 e. The first-order chi connectivity index (χ1) is 17.6. The van der Waals surface area contributed by atoms with Crippen molar-refractivity contribution in [3.05, 3.63) is 90.3 Å². The van der Waals surface area contributed by atoms with E-state index >= 15 is 0 Å². The summed E-state index contributed by atoms with van der Waals surface area (Å²) in [5.74, 6) is 1.03. The van der Waals surface area contributed by atoms with Crippen LogP contribution in [0, 0.1) is 0 Å². The minimum absolute atomic E-state index is 0.0267. The van der Waals surface area contributed by atoms with Crippen molar-refractivity contribution in [3.8, 4) is 11.5 Å². The van der Waals surface area contributed by atoms with Gasteiger partial charge in [-0.1, -0.05) is 48.5 Å². The fourth-order valence-electron chi connectivity index (χ4n) is 4.12. The Morgan fingerprint density at radius 1 is 0.889 bits per heavy atom. The van der Waals surface area contributed by atoms with Crippen molar-refractivity contribution in [1.82, 2.24) is 14.8 Å². The molecule has 1 aliphatic rings. The van der Waals surface area contributed by atoms with Crippen molar-refractivity contribution < 1.29 is 19.1 Å². The number of para-hydroxylation sites is 2. The van der Waals surface area contributed by atoms with Gasteiger partial charge in [0, 0.05) is 50.4 Å². The summed E-state index contributed by atoms with van der Waals surface area (Å²) in [7, 11) is 1.57. The molecule has 1 aromatic heterocycles. The molecule has 0 atom stereocenters. The van der Waals surface area contributed by atoms with Gasteiger partial charge in [-0.3, -0.25) is 14.6 Å². The third-order valence-corrected chi connectivity index (χ3v) is 6.23. The average Bonchev–Trinajstić information content (AvgIpc) is 3.76. The molecule has 0 bridgehead atoms. The number of carbonyl (C=O) groups excluding carboxylic acids is 2. The Morgan fingerprint density at radius 2 is 1.61 bits per heavy atom. The first-order valence-corrected chi connectivity index (χ1v) is 12.4. The normalized spacial score (nSPS) is 12.6. The number of hydrogen-bond acceptors (Lipinski definition) is 5. The lowest BCUT2D eigenvalue weighted by Crippen LogP contribution is -2.40. The van der Waals surface area contributed by atoms with Crippen molar-refractivity contribution in [2.45, 2.75) is 38.3 Å². The topological polar surface area (TPSA) is 72.0 Å². The fourth-order valence-corrected chi connectivity index (χ4v) is 4.12. The molecule has 3 aromatic rings. The largest absolute Gasteiger partial charge is 0.493 e. The van der Waals surface area contributed by atoms with Gasteiger partial charge < -0.3 is 19.3 Å². The monoisotopic (exact) mass is 487 g/mol. The predicted molar refractivity (Wildman–Crippen MR) is 138 cm³/mol. The number of amides is 2. The van der Waals surface area contributed by atoms with Crippen LogP contribution in [0.15, 0.2) is 79.0 Å². The zero-order chi connectivity index (χ0) is 25.2. The second-order valence-corrected chi connectivity index (χ2v) is 8.88. The number of methoxy groups -OCH3 is 1. The highest BCUT2D eigenvalue weighted by atomic mass is 16.5.